The number of hydrogen-bond donors (Lipinski definition) is 3. The number of ether oxygens (including phenoxy) is 1. The van der Waals surface area contributed by atoms with Crippen LogP contribution < -0.4 is 20.7 Å². The molecule has 2 aromatic carbocycles. The van der Waals surface area contributed by atoms with E-state index in [9.17, 15) is 23.6 Å². The Morgan fingerprint density at radius 1 is 0.979 bits per heavy atom. The van der Waals surface area contributed by atoms with E-state index in [-0.39, 0.29) is 67.2 Å². The molecule has 3 aliphatic rings. The molecular formula is C36H48FN5O5. The maximum absolute atomic E-state index is 14.4. The van der Waals surface area contributed by atoms with Gasteiger partial charge in [-0.3, -0.25) is 19.2 Å². The summed E-state index contributed by atoms with van der Waals surface area (Å²) in [6.45, 7) is 7.54. The molecule has 0 spiro atoms. The fourth-order valence-electron chi connectivity index (χ4n) is 7.01. The van der Waals surface area contributed by atoms with Crippen LogP contribution in [0.4, 0.5) is 10.1 Å². The summed E-state index contributed by atoms with van der Waals surface area (Å²) in [5, 5.41) is 8.80. The van der Waals surface area contributed by atoms with E-state index >= 15 is 0 Å². The molecule has 3 N–H and O–H groups in total. The van der Waals surface area contributed by atoms with Gasteiger partial charge in [-0.25, -0.2) is 4.39 Å². The van der Waals surface area contributed by atoms with Gasteiger partial charge in [0.2, 0.25) is 11.8 Å². The molecule has 10 nitrogen and oxygen atoms in total. The molecule has 5 rings (SSSR count). The molecule has 1 aliphatic carbocycles. The first-order valence-corrected chi connectivity index (χ1v) is 17.1. The van der Waals surface area contributed by atoms with Crippen LogP contribution in [0.25, 0.3) is 0 Å². The molecule has 3 fully saturated rings. The van der Waals surface area contributed by atoms with Gasteiger partial charge < -0.3 is 30.5 Å². The number of carbonyl (C=O) groups excluding carboxylic acids is 4. The largest absolute Gasteiger partial charge is 0.489 e. The van der Waals surface area contributed by atoms with Crippen molar-refractivity contribution < 1.29 is 28.3 Å². The summed E-state index contributed by atoms with van der Waals surface area (Å²) in [7, 11) is 0. The fourth-order valence-corrected chi connectivity index (χ4v) is 7.01. The summed E-state index contributed by atoms with van der Waals surface area (Å²) in [6.07, 6.45) is 7.27. The number of nitrogens with zero attached hydrogens (tertiary/aromatic N) is 2. The van der Waals surface area contributed by atoms with Gasteiger partial charge >= 0.3 is 0 Å². The van der Waals surface area contributed by atoms with Crippen molar-refractivity contribution in [1.82, 2.24) is 20.4 Å². The Hall–Kier alpha value is -3.99. The summed E-state index contributed by atoms with van der Waals surface area (Å²) in [5.41, 5.74) is 1.96. The quantitative estimate of drug-likeness (QED) is 0.339. The molecule has 0 radical (unpaired) electrons. The van der Waals surface area contributed by atoms with Gasteiger partial charge in [-0.1, -0.05) is 19.3 Å². The number of anilines is 1. The Balaban J connectivity index is 1.38. The Bertz CT molecular complexity index is 1450. The summed E-state index contributed by atoms with van der Waals surface area (Å²) in [4.78, 5) is 55.4. The van der Waals surface area contributed by atoms with Crippen LogP contribution in [0.5, 0.6) is 5.75 Å². The smallest absolute Gasteiger partial charge is 0.254 e. The lowest BCUT2D eigenvalue weighted by Gasteiger charge is -2.42. The Labute approximate surface area is 276 Å². The number of halogens is 1. The van der Waals surface area contributed by atoms with E-state index in [0.29, 0.717) is 17.9 Å². The number of nitrogens with one attached hydrogen (secondary N) is 3. The van der Waals surface area contributed by atoms with E-state index in [2.05, 4.69) is 16.0 Å². The molecular weight excluding hydrogens is 601 g/mol. The van der Waals surface area contributed by atoms with Crippen molar-refractivity contribution in [1.29, 1.82) is 0 Å². The van der Waals surface area contributed by atoms with Gasteiger partial charge in [0.05, 0.1) is 6.04 Å². The van der Waals surface area contributed by atoms with E-state index in [4.69, 9.17) is 4.74 Å². The SMILES string of the molecule is CC(=O)Nc1cc(F)cc(C(=O)N2CCN(C(=O)c3ccc(O[C@H]4CCNC4)c(C4CCCCC4)c3)C(CCC(=O)NC(C)C)C2)c1. The lowest BCUT2D eigenvalue weighted by molar-refractivity contribution is -0.122. The molecule has 2 atom stereocenters. The van der Waals surface area contributed by atoms with Crippen molar-refractivity contribution in [3.63, 3.8) is 0 Å². The lowest BCUT2D eigenvalue weighted by Crippen LogP contribution is -2.56. The first-order chi connectivity index (χ1) is 22.6. The third-order valence-corrected chi connectivity index (χ3v) is 9.26. The molecule has 1 saturated carbocycles. The van der Waals surface area contributed by atoms with Gasteiger partial charge in [-0.2, -0.15) is 0 Å². The number of hydrogen-bond acceptors (Lipinski definition) is 6. The maximum Gasteiger partial charge on any atom is 0.254 e. The minimum Gasteiger partial charge on any atom is -0.489 e. The molecule has 254 valence electrons. The van der Waals surface area contributed by atoms with Crippen LogP contribution >= 0.6 is 0 Å². The molecule has 2 aliphatic heterocycles. The van der Waals surface area contributed by atoms with Crippen molar-refractivity contribution >= 4 is 29.3 Å². The van der Waals surface area contributed by atoms with Crippen LogP contribution in [-0.4, -0.2) is 84.3 Å². The first kappa shape index (κ1) is 34.3. The normalized spacial score (nSPS) is 20.3. The molecule has 2 saturated heterocycles. The second-order valence-corrected chi connectivity index (χ2v) is 13.4. The predicted molar refractivity (Wildman–Crippen MR) is 178 cm³/mol. The zero-order valence-electron chi connectivity index (χ0n) is 27.8. The highest BCUT2D eigenvalue weighted by Gasteiger charge is 2.35. The Kier molecular flexibility index (Phi) is 11.5. The van der Waals surface area contributed by atoms with Crippen LogP contribution in [0.3, 0.4) is 0 Å². The highest BCUT2D eigenvalue weighted by molar-refractivity contribution is 5.98. The van der Waals surface area contributed by atoms with E-state index in [1.54, 1.807) is 9.80 Å². The Morgan fingerprint density at radius 2 is 1.77 bits per heavy atom. The van der Waals surface area contributed by atoms with Gasteiger partial charge in [0.15, 0.2) is 0 Å². The molecule has 47 heavy (non-hydrogen) atoms. The average Bonchev–Trinajstić information content (AvgIpc) is 3.56. The third kappa shape index (κ3) is 9.09. The molecule has 0 bridgehead atoms. The topological polar surface area (TPSA) is 120 Å². The number of benzene rings is 2. The van der Waals surface area contributed by atoms with E-state index < -0.39 is 17.8 Å². The van der Waals surface area contributed by atoms with Crippen LogP contribution in [0.1, 0.15) is 104 Å². The maximum atomic E-state index is 14.4. The minimum absolute atomic E-state index is 0.0191. The van der Waals surface area contributed by atoms with Gasteiger partial charge in [0.1, 0.15) is 17.7 Å². The van der Waals surface area contributed by atoms with E-state index in [1.165, 1.54) is 19.4 Å². The highest BCUT2D eigenvalue weighted by atomic mass is 19.1. The second-order valence-electron chi connectivity index (χ2n) is 13.4. The van der Waals surface area contributed by atoms with Gasteiger partial charge in [0.25, 0.3) is 11.8 Å². The Morgan fingerprint density at radius 3 is 2.47 bits per heavy atom. The van der Waals surface area contributed by atoms with Gasteiger partial charge in [0, 0.05) is 62.4 Å². The molecule has 2 heterocycles. The van der Waals surface area contributed by atoms with Crippen LogP contribution in [0, 0.1) is 5.82 Å². The zero-order chi connectivity index (χ0) is 33.5. The van der Waals surface area contributed by atoms with Gasteiger partial charge in [-0.15, -0.1) is 0 Å². The summed E-state index contributed by atoms with van der Waals surface area (Å²) < 4.78 is 20.9. The number of piperazine rings is 1. The third-order valence-electron chi connectivity index (χ3n) is 9.26. The van der Waals surface area contributed by atoms with Crippen LogP contribution in [-0.2, 0) is 9.59 Å². The predicted octanol–water partition coefficient (Wildman–Crippen LogP) is 4.84. The van der Waals surface area contributed by atoms with Crippen molar-refractivity contribution in [2.24, 2.45) is 0 Å². The second kappa shape index (κ2) is 15.7. The molecule has 0 aromatic heterocycles. The minimum atomic E-state index is -0.638. The molecule has 2 aromatic rings. The average molecular weight is 650 g/mol. The van der Waals surface area contributed by atoms with Crippen molar-refractivity contribution in [3.05, 3.63) is 58.9 Å². The number of amides is 4. The monoisotopic (exact) mass is 649 g/mol. The molecule has 4 amide bonds. The van der Waals surface area contributed by atoms with Gasteiger partial charge in [-0.05, 0) is 94.0 Å². The summed E-state index contributed by atoms with van der Waals surface area (Å²) >= 11 is 0. The molecule has 11 heteroatoms. The van der Waals surface area contributed by atoms with Crippen molar-refractivity contribution in [2.45, 2.75) is 96.2 Å². The van der Waals surface area contributed by atoms with E-state index in [0.717, 1.165) is 68.6 Å². The lowest BCUT2D eigenvalue weighted by atomic mass is 9.83. The van der Waals surface area contributed by atoms with Crippen LogP contribution in [0.2, 0.25) is 0 Å². The number of rotatable bonds is 10. The zero-order valence-corrected chi connectivity index (χ0v) is 27.8. The highest BCUT2D eigenvalue weighted by Crippen LogP contribution is 2.39. The summed E-state index contributed by atoms with van der Waals surface area (Å²) in [6, 6.07) is 9.09. The fraction of sp³-hybridized carbons (Fsp3) is 0.556. The van der Waals surface area contributed by atoms with Crippen molar-refractivity contribution in [3.8, 4) is 5.75 Å². The van der Waals surface area contributed by atoms with Crippen LogP contribution in [0.15, 0.2) is 36.4 Å². The standard InChI is InChI=1S/C36H48FN5O5/c1-23(2)39-34(44)12-10-30-22-41(35(45)27-17-28(37)20-29(18-27)40-24(3)43)15-16-42(30)36(46)26-9-11-33(47-31-13-14-38-21-31)32(19-26)25-7-5-4-6-8-25/h9,11,17-20,23,25,30-31,38H,4-8,10,12-16,21-22H2,1-3H3,(H,39,44)(H,40,43)/t30?,31-/m0/s1. The first-order valence-electron chi connectivity index (χ1n) is 17.1. The number of carbonyl (C=O) groups is 4. The van der Waals surface area contributed by atoms with Crippen molar-refractivity contribution in [2.75, 3.05) is 38.0 Å². The summed E-state index contributed by atoms with van der Waals surface area (Å²) in [5.74, 6) is -0.488. The molecule has 1 unspecified atom stereocenters. The van der Waals surface area contributed by atoms with E-state index in [1.807, 2.05) is 32.0 Å².